The van der Waals surface area contributed by atoms with Crippen molar-refractivity contribution < 1.29 is 22.7 Å². The number of hydrogen-bond donors (Lipinski definition) is 2. The highest BCUT2D eigenvalue weighted by molar-refractivity contribution is 7.92. The molecule has 10 heteroatoms. The minimum atomic E-state index is -4.04. The Kier molecular flexibility index (Phi) is 5.95. The largest absolute Gasteiger partial charge is 0.486 e. The molecular weight excluding hydrogens is 463 g/mol. The lowest BCUT2D eigenvalue weighted by molar-refractivity contribution is 0.102. The maximum Gasteiger partial charge on any atom is 0.263 e. The molecule has 160 valence electrons. The first-order chi connectivity index (χ1) is 14.8. The molecule has 1 amide bonds. The first-order valence-corrected chi connectivity index (χ1v) is 11.3. The second-order valence-corrected chi connectivity index (χ2v) is 9.06. The zero-order chi connectivity index (χ0) is 22.0. The second-order valence-electron chi connectivity index (χ2n) is 6.57. The summed E-state index contributed by atoms with van der Waals surface area (Å²) in [6, 6.07) is 15.2. The van der Waals surface area contributed by atoms with E-state index in [9.17, 15) is 13.2 Å². The van der Waals surface area contributed by atoms with Crippen molar-refractivity contribution in [3.05, 3.63) is 76.3 Å². The van der Waals surface area contributed by atoms with Crippen LogP contribution in [0, 0.1) is 0 Å². The van der Waals surface area contributed by atoms with E-state index in [-0.39, 0.29) is 15.5 Å². The Hall–Kier alpha value is -2.94. The van der Waals surface area contributed by atoms with E-state index in [0.29, 0.717) is 41.1 Å². The number of halogens is 2. The summed E-state index contributed by atoms with van der Waals surface area (Å²) in [6.07, 6.45) is 0. The molecule has 2 N–H and O–H groups in total. The molecule has 0 atom stereocenters. The van der Waals surface area contributed by atoms with Crippen molar-refractivity contribution in [2.45, 2.75) is 4.90 Å². The molecule has 3 aromatic carbocycles. The summed E-state index contributed by atoms with van der Waals surface area (Å²) in [5.41, 5.74) is 0.912. The van der Waals surface area contributed by atoms with Gasteiger partial charge in [0.1, 0.15) is 18.1 Å². The van der Waals surface area contributed by atoms with E-state index < -0.39 is 15.9 Å². The van der Waals surface area contributed by atoms with Crippen molar-refractivity contribution in [2.75, 3.05) is 23.3 Å². The molecule has 1 heterocycles. The molecule has 0 aliphatic carbocycles. The Bertz CT molecular complexity index is 1250. The Balaban J connectivity index is 1.56. The van der Waals surface area contributed by atoms with Gasteiger partial charge in [0.15, 0.2) is 11.5 Å². The molecular formula is C21H16Cl2N2O5S. The van der Waals surface area contributed by atoms with Gasteiger partial charge in [-0.25, -0.2) is 8.42 Å². The smallest absolute Gasteiger partial charge is 0.263 e. The lowest BCUT2D eigenvalue weighted by Gasteiger charge is -2.19. The molecule has 0 spiro atoms. The molecule has 0 saturated carbocycles. The third kappa shape index (κ3) is 4.87. The van der Waals surface area contributed by atoms with Gasteiger partial charge in [-0.2, -0.15) is 0 Å². The van der Waals surface area contributed by atoms with E-state index in [4.69, 9.17) is 32.7 Å². The van der Waals surface area contributed by atoms with Crippen LogP contribution in [-0.4, -0.2) is 27.5 Å². The average Bonchev–Trinajstić information content (AvgIpc) is 2.75. The highest BCUT2D eigenvalue weighted by Gasteiger charge is 2.21. The van der Waals surface area contributed by atoms with E-state index in [0.717, 1.165) is 0 Å². The number of hydrogen-bond acceptors (Lipinski definition) is 5. The summed E-state index contributed by atoms with van der Waals surface area (Å²) in [5, 5.41) is 3.17. The van der Waals surface area contributed by atoms with Gasteiger partial charge in [-0.15, -0.1) is 0 Å². The molecule has 7 nitrogen and oxygen atoms in total. The Morgan fingerprint density at radius 3 is 2.26 bits per heavy atom. The van der Waals surface area contributed by atoms with Crippen molar-refractivity contribution in [3.8, 4) is 11.5 Å². The number of amides is 1. The van der Waals surface area contributed by atoms with Crippen molar-refractivity contribution >= 4 is 50.5 Å². The standard InChI is InChI=1S/C21H16Cl2N2O5S/c22-14-2-4-15(5-3-14)25-31(27,28)20-11-13(1-7-17(20)23)21(26)24-16-6-8-18-19(12-16)30-10-9-29-18/h1-8,11-12,25H,9-10H2,(H,24,26). The third-order valence-corrected chi connectivity index (χ3v) is 6.49. The van der Waals surface area contributed by atoms with Crippen LogP contribution in [-0.2, 0) is 10.0 Å². The third-order valence-electron chi connectivity index (χ3n) is 4.38. The predicted octanol–water partition coefficient (Wildman–Crippen LogP) is 4.82. The van der Waals surface area contributed by atoms with Gasteiger partial charge in [0.25, 0.3) is 15.9 Å². The second kappa shape index (κ2) is 8.66. The van der Waals surface area contributed by atoms with Gasteiger partial charge in [0.2, 0.25) is 0 Å². The van der Waals surface area contributed by atoms with E-state index in [1.807, 2.05) is 0 Å². The molecule has 1 aliphatic rings. The molecule has 0 bridgehead atoms. The SMILES string of the molecule is O=C(Nc1ccc2c(c1)OCCO2)c1ccc(Cl)c(S(=O)(=O)Nc2ccc(Cl)cc2)c1. The number of fused-ring (bicyclic) bond motifs is 1. The molecule has 0 unspecified atom stereocenters. The van der Waals surface area contributed by atoms with Crippen molar-refractivity contribution in [2.24, 2.45) is 0 Å². The van der Waals surface area contributed by atoms with Crippen LogP contribution in [0.25, 0.3) is 0 Å². The fourth-order valence-electron chi connectivity index (χ4n) is 2.90. The highest BCUT2D eigenvalue weighted by atomic mass is 35.5. The molecule has 3 aromatic rings. The van der Waals surface area contributed by atoms with Gasteiger partial charge in [-0.05, 0) is 54.6 Å². The lowest BCUT2D eigenvalue weighted by atomic mass is 10.2. The molecule has 0 radical (unpaired) electrons. The first-order valence-electron chi connectivity index (χ1n) is 9.11. The molecule has 31 heavy (non-hydrogen) atoms. The van der Waals surface area contributed by atoms with E-state index in [1.165, 1.54) is 30.3 Å². The van der Waals surface area contributed by atoms with E-state index in [1.54, 1.807) is 30.3 Å². The maximum absolute atomic E-state index is 12.8. The van der Waals surface area contributed by atoms with Crippen molar-refractivity contribution in [3.63, 3.8) is 0 Å². The first kappa shape index (κ1) is 21.3. The minimum absolute atomic E-state index is 0.0163. The zero-order valence-electron chi connectivity index (χ0n) is 15.9. The van der Waals surface area contributed by atoms with Crippen LogP contribution in [0.2, 0.25) is 10.0 Å². The van der Waals surface area contributed by atoms with E-state index >= 15 is 0 Å². The normalized spacial score (nSPS) is 12.8. The van der Waals surface area contributed by atoms with Gasteiger partial charge < -0.3 is 14.8 Å². The minimum Gasteiger partial charge on any atom is -0.486 e. The number of anilines is 2. The average molecular weight is 479 g/mol. The molecule has 1 aliphatic heterocycles. The maximum atomic E-state index is 12.8. The molecule has 0 saturated heterocycles. The summed E-state index contributed by atoms with van der Waals surface area (Å²) in [7, 11) is -4.04. The summed E-state index contributed by atoms with van der Waals surface area (Å²) in [6.45, 7) is 0.883. The van der Waals surface area contributed by atoms with Gasteiger partial charge in [0.05, 0.1) is 5.02 Å². The predicted molar refractivity (Wildman–Crippen MR) is 119 cm³/mol. The Labute approximate surface area is 188 Å². The van der Waals surface area contributed by atoms with Gasteiger partial charge in [-0.1, -0.05) is 23.2 Å². The van der Waals surface area contributed by atoms with Crippen LogP contribution in [0.15, 0.2) is 65.6 Å². The Morgan fingerprint density at radius 2 is 1.52 bits per heavy atom. The zero-order valence-corrected chi connectivity index (χ0v) is 18.2. The fraction of sp³-hybridized carbons (Fsp3) is 0.0952. The van der Waals surface area contributed by atoms with Gasteiger partial charge in [0, 0.05) is 28.0 Å². The van der Waals surface area contributed by atoms with Crippen molar-refractivity contribution in [1.29, 1.82) is 0 Å². The number of benzene rings is 3. The highest BCUT2D eigenvalue weighted by Crippen LogP contribution is 2.33. The number of sulfonamides is 1. The number of ether oxygens (including phenoxy) is 2. The number of carbonyl (C=O) groups is 1. The summed E-state index contributed by atoms with van der Waals surface area (Å²) >= 11 is 11.9. The van der Waals surface area contributed by atoms with Crippen molar-refractivity contribution in [1.82, 2.24) is 0 Å². The van der Waals surface area contributed by atoms with Gasteiger partial charge in [-0.3, -0.25) is 9.52 Å². The molecule has 4 rings (SSSR count). The monoisotopic (exact) mass is 478 g/mol. The quantitative estimate of drug-likeness (QED) is 0.548. The number of nitrogens with one attached hydrogen (secondary N) is 2. The summed E-state index contributed by atoms with van der Waals surface area (Å²) in [5.74, 6) is 0.615. The molecule has 0 aromatic heterocycles. The van der Waals surface area contributed by atoms with Crippen LogP contribution < -0.4 is 19.5 Å². The lowest BCUT2D eigenvalue weighted by Crippen LogP contribution is -2.17. The Morgan fingerprint density at radius 1 is 0.839 bits per heavy atom. The topological polar surface area (TPSA) is 93.7 Å². The summed E-state index contributed by atoms with van der Waals surface area (Å²) in [4.78, 5) is 12.5. The van der Waals surface area contributed by atoms with Gasteiger partial charge >= 0.3 is 0 Å². The number of carbonyl (C=O) groups excluding carboxylic acids is 1. The molecule has 0 fully saturated rings. The van der Waals surface area contributed by atoms with Crippen LogP contribution in [0.5, 0.6) is 11.5 Å². The van der Waals surface area contributed by atoms with Crippen LogP contribution >= 0.6 is 23.2 Å². The van der Waals surface area contributed by atoms with E-state index in [2.05, 4.69) is 10.0 Å². The fourth-order valence-corrected chi connectivity index (χ4v) is 4.61. The van der Waals surface area contributed by atoms with Crippen LogP contribution in [0.4, 0.5) is 11.4 Å². The number of rotatable bonds is 5. The summed E-state index contributed by atoms with van der Waals surface area (Å²) < 4.78 is 39.0. The van der Waals surface area contributed by atoms with Crippen LogP contribution in [0.1, 0.15) is 10.4 Å². The van der Waals surface area contributed by atoms with Crippen LogP contribution in [0.3, 0.4) is 0 Å².